The summed E-state index contributed by atoms with van der Waals surface area (Å²) in [5, 5.41) is 2.68. The van der Waals surface area contributed by atoms with Crippen molar-refractivity contribution in [2.45, 2.75) is 26.3 Å². The van der Waals surface area contributed by atoms with E-state index in [0.717, 1.165) is 6.42 Å². The number of rotatable bonds is 3. The van der Waals surface area contributed by atoms with Crippen molar-refractivity contribution in [2.24, 2.45) is 5.92 Å². The summed E-state index contributed by atoms with van der Waals surface area (Å²) in [7, 11) is 0. The maximum atomic E-state index is 13.8. The molecule has 1 aromatic carbocycles. The number of benzene rings is 1. The summed E-state index contributed by atoms with van der Waals surface area (Å²) in [5.74, 6) is -0.980. The van der Waals surface area contributed by atoms with Crippen LogP contribution in [0.1, 0.15) is 20.3 Å². The molecule has 0 aromatic heterocycles. The number of hydrogen-bond donors (Lipinski definition) is 1. The fraction of sp³-hybridized carbons (Fsp3) is 0.429. The third-order valence-electron chi connectivity index (χ3n) is 3.51. The van der Waals surface area contributed by atoms with E-state index in [4.69, 9.17) is 0 Å². The van der Waals surface area contributed by atoms with Gasteiger partial charge in [-0.15, -0.1) is 0 Å². The maximum Gasteiger partial charge on any atom is 0.250 e. The van der Waals surface area contributed by atoms with Crippen LogP contribution in [-0.2, 0) is 9.59 Å². The molecule has 1 heterocycles. The minimum Gasteiger partial charge on any atom is -0.342 e. The zero-order valence-corrected chi connectivity index (χ0v) is 11.0. The molecular weight excluding hydrogens is 247 g/mol. The van der Waals surface area contributed by atoms with Crippen molar-refractivity contribution in [3.63, 3.8) is 0 Å². The standard InChI is InChI=1S/C14H17FN2O2/c1-3-9(2)13-14(19)17(8-12(18)16-13)11-7-5-4-6-10(11)15/h4-7,9,13H,3,8H2,1-2H3,(H,16,18). The number of nitrogens with one attached hydrogen (secondary N) is 1. The van der Waals surface area contributed by atoms with Crippen LogP contribution in [0.15, 0.2) is 24.3 Å². The van der Waals surface area contributed by atoms with E-state index in [1.54, 1.807) is 12.1 Å². The van der Waals surface area contributed by atoms with Crippen molar-refractivity contribution in [3.8, 4) is 0 Å². The van der Waals surface area contributed by atoms with Crippen molar-refractivity contribution < 1.29 is 14.0 Å². The summed E-state index contributed by atoms with van der Waals surface area (Å²) in [6.45, 7) is 3.71. The minimum absolute atomic E-state index is 0.0195. The average Bonchev–Trinajstić information content (AvgIpc) is 2.41. The van der Waals surface area contributed by atoms with Crippen LogP contribution < -0.4 is 10.2 Å². The van der Waals surface area contributed by atoms with Crippen molar-refractivity contribution >= 4 is 17.5 Å². The lowest BCUT2D eigenvalue weighted by Crippen LogP contribution is -2.60. The van der Waals surface area contributed by atoms with Gasteiger partial charge < -0.3 is 5.32 Å². The van der Waals surface area contributed by atoms with E-state index >= 15 is 0 Å². The molecule has 2 atom stereocenters. The molecule has 0 radical (unpaired) electrons. The second-order valence-electron chi connectivity index (χ2n) is 4.81. The number of para-hydroxylation sites is 1. The number of amides is 2. The molecular formula is C14H17FN2O2. The van der Waals surface area contributed by atoms with E-state index in [-0.39, 0.29) is 30.0 Å². The number of nitrogens with zero attached hydrogens (tertiary/aromatic N) is 1. The molecule has 0 spiro atoms. The molecule has 1 saturated heterocycles. The predicted molar refractivity (Wildman–Crippen MR) is 70.1 cm³/mol. The molecule has 1 aromatic rings. The van der Waals surface area contributed by atoms with Crippen molar-refractivity contribution in [1.82, 2.24) is 5.32 Å². The molecule has 0 saturated carbocycles. The Hall–Kier alpha value is -1.91. The first kappa shape index (κ1) is 13.5. The molecule has 4 nitrogen and oxygen atoms in total. The molecule has 1 N–H and O–H groups in total. The maximum absolute atomic E-state index is 13.8. The third-order valence-corrected chi connectivity index (χ3v) is 3.51. The first-order chi connectivity index (χ1) is 9.04. The number of anilines is 1. The van der Waals surface area contributed by atoms with Crippen LogP contribution in [0.4, 0.5) is 10.1 Å². The first-order valence-electron chi connectivity index (χ1n) is 6.39. The highest BCUT2D eigenvalue weighted by atomic mass is 19.1. The Bertz CT molecular complexity index is 504. The summed E-state index contributed by atoms with van der Waals surface area (Å²) in [6, 6.07) is 5.42. The van der Waals surface area contributed by atoms with Gasteiger partial charge in [0, 0.05) is 0 Å². The Morgan fingerprint density at radius 3 is 2.74 bits per heavy atom. The van der Waals surface area contributed by atoms with Gasteiger partial charge in [0.05, 0.1) is 5.69 Å². The van der Waals surface area contributed by atoms with Crippen molar-refractivity contribution in [1.29, 1.82) is 0 Å². The van der Waals surface area contributed by atoms with Gasteiger partial charge in [-0.3, -0.25) is 14.5 Å². The minimum atomic E-state index is -0.578. The topological polar surface area (TPSA) is 49.4 Å². The Kier molecular flexibility index (Phi) is 3.83. The highest BCUT2D eigenvalue weighted by molar-refractivity contribution is 6.06. The van der Waals surface area contributed by atoms with E-state index in [2.05, 4.69) is 5.32 Å². The summed E-state index contributed by atoms with van der Waals surface area (Å²) >= 11 is 0. The van der Waals surface area contributed by atoms with E-state index < -0.39 is 11.9 Å². The van der Waals surface area contributed by atoms with Crippen LogP contribution in [0.2, 0.25) is 0 Å². The largest absolute Gasteiger partial charge is 0.342 e. The number of halogens is 1. The molecule has 19 heavy (non-hydrogen) atoms. The molecule has 2 rings (SSSR count). The number of hydrogen-bond acceptors (Lipinski definition) is 2. The van der Waals surface area contributed by atoms with E-state index in [9.17, 15) is 14.0 Å². The molecule has 102 valence electrons. The lowest BCUT2D eigenvalue weighted by Gasteiger charge is -2.35. The van der Waals surface area contributed by atoms with Gasteiger partial charge in [0.1, 0.15) is 18.4 Å². The Morgan fingerprint density at radius 2 is 2.11 bits per heavy atom. The summed E-state index contributed by atoms with van der Waals surface area (Å²) in [4.78, 5) is 25.3. The second kappa shape index (κ2) is 5.38. The number of carbonyl (C=O) groups is 2. The van der Waals surface area contributed by atoms with Crippen LogP contribution in [0.3, 0.4) is 0 Å². The van der Waals surface area contributed by atoms with Crippen LogP contribution in [0, 0.1) is 11.7 Å². The highest BCUT2D eigenvalue weighted by Crippen LogP contribution is 2.23. The third kappa shape index (κ3) is 2.59. The van der Waals surface area contributed by atoms with Gasteiger partial charge in [0.2, 0.25) is 11.8 Å². The van der Waals surface area contributed by atoms with E-state index in [0.29, 0.717) is 0 Å². The first-order valence-corrected chi connectivity index (χ1v) is 6.39. The number of piperazine rings is 1. The smallest absolute Gasteiger partial charge is 0.250 e. The summed E-state index contributed by atoms with van der Waals surface area (Å²) in [5.41, 5.74) is 0.163. The molecule has 0 aliphatic carbocycles. The average molecular weight is 264 g/mol. The van der Waals surface area contributed by atoms with Gasteiger partial charge in [-0.05, 0) is 18.1 Å². The van der Waals surface area contributed by atoms with Crippen LogP contribution in [0.5, 0.6) is 0 Å². The van der Waals surface area contributed by atoms with Crippen LogP contribution in [-0.4, -0.2) is 24.4 Å². The van der Waals surface area contributed by atoms with E-state index in [1.807, 2.05) is 13.8 Å². The van der Waals surface area contributed by atoms with Crippen molar-refractivity contribution in [3.05, 3.63) is 30.1 Å². The monoisotopic (exact) mass is 264 g/mol. The predicted octanol–water partition coefficient (Wildman–Crippen LogP) is 1.70. The Balaban J connectivity index is 2.33. The van der Waals surface area contributed by atoms with Gasteiger partial charge in [0.25, 0.3) is 0 Å². The number of carbonyl (C=O) groups excluding carboxylic acids is 2. The molecule has 1 aliphatic heterocycles. The molecule has 1 fully saturated rings. The zero-order chi connectivity index (χ0) is 14.0. The van der Waals surface area contributed by atoms with E-state index in [1.165, 1.54) is 17.0 Å². The molecule has 5 heteroatoms. The fourth-order valence-corrected chi connectivity index (χ4v) is 2.17. The van der Waals surface area contributed by atoms with Gasteiger partial charge >= 0.3 is 0 Å². The van der Waals surface area contributed by atoms with Crippen LogP contribution in [0.25, 0.3) is 0 Å². The Labute approximate surface area is 111 Å². The lowest BCUT2D eigenvalue weighted by atomic mass is 9.96. The lowest BCUT2D eigenvalue weighted by molar-refractivity contribution is -0.132. The van der Waals surface area contributed by atoms with Gasteiger partial charge in [-0.1, -0.05) is 32.4 Å². The molecule has 0 bridgehead atoms. The molecule has 2 amide bonds. The summed E-state index contributed by atoms with van der Waals surface area (Å²) < 4.78 is 13.8. The SMILES string of the molecule is CCC(C)C1NC(=O)CN(c2ccccc2F)C1=O. The quantitative estimate of drug-likeness (QED) is 0.903. The zero-order valence-electron chi connectivity index (χ0n) is 11.0. The molecule has 1 aliphatic rings. The van der Waals surface area contributed by atoms with Gasteiger partial charge in [-0.25, -0.2) is 4.39 Å². The highest BCUT2D eigenvalue weighted by Gasteiger charge is 2.36. The van der Waals surface area contributed by atoms with Crippen molar-refractivity contribution in [2.75, 3.05) is 11.4 Å². The normalized spacial score (nSPS) is 21.2. The molecule has 2 unspecified atom stereocenters. The fourth-order valence-electron chi connectivity index (χ4n) is 2.17. The summed E-state index contributed by atoms with van der Waals surface area (Å²) in [6.07, 6.45) is 0.766. The Morgan fingerprint density at radius 1 is 1.42 bits per heavy atom. The van der Waals surface area contributed by atoms with Gasteiger partial charge in [0.15, 0.2) is 0 Å². The van der Waals surface area contributed by atoms with Gasteiger partial charge in [-0.2, -0.15) is 0 Å². The van der Waals surface area contributed by atoms with Crippen LogP contribution >= 0.6 is 0 Å². The second-order valence-corrected chi connectivity index (χ2v) is 4.81.